The highest BCUT2D eigenvalue weighted by molar-refractivity contribution is 5.87. The van der Waals surface area contributed by atoms with Gasteiger partial charge in [-0.1, -0.05) is 6.92 Å². The van der Waals surface area contributed by atoms with Crippen LogP contribution in [-0.2, 0) is 6.54 Å². The number of halogens is 1. The lowest BCUT2D eigenvalue weighted by Crippen LogP contribution is -2.37. The second kappa shape index (κ2) is 6.81. The molecule has 2 rings (SSSR count). The Hall–Kier alpha value is -1.46. The number of benzene rings is 1. The fourth-order valence-electron chi connectivity index (χ4n) is 2.76. The van der Waals surface area contributed by atoms with Gasteiger partial charge in [0.15, 0.2) is 0 Å². The summed E-state index contributed by atoms with van der Waals surface area (Å²) in [5.41, 5.74) is 0.533. The summed E-state index contributed by atoms with van der Waals surface area (Å²) in [5.74, 6) is -1.39. The molecule has 0 aliphatic carbocycles. The molecule has 1 atom stereocenters. The monoisotopic (exact) mass is 280 g/mol. The topological polar surface area (TPSA) is 52.6 Å². The lowest BCUT2D eigenvalue weighted by molar-refractivity contribution is 0.0696. The van der Waals surface area contributed by atoms with E-state index >= 15 is 0 Å². The van der Waals surface area contributed by atoms with Crippen LogP contribution in [0.2, 0.25) is 0 Å². The zero-order chi connectivity index (χ0) is 14.5. The van der Waals surface area contributed by atoms with E-state index in [1.807, 2.05) is 0 Å². The summed E-state index contributed by atoms with van der Waals surface area (Å²) in [4.78, 5) is 13.3. The Morgan fingerprint density at radius 2 is 2.35 bits per heavy atom. The van der Waals surface area contributed by atoms with Gasteiger partial charge < -0.3 is 10.4 Å². The molecule has 1 aromatic rings. The van der Waals surface area contributed by atoms with Gasteiger partial charge in [-0.3, -0.25) is 4.90 Å². The zero-order valence-corrected chi connectivity index (χ0v) is 11.7. The average Bonchev–Trinajstić information content (AvgIpc) is 2.88. The number of likely N-dealkylation sites (N-methyl/N-ethyl adjacent to an activating group) is 1. The van der Waals surface area contributed by atoms with E-state index in [1.54, 1.807) is 0 Å². The van der Waals surface area contributed by atoms with Gasteiger partial charge in [-0.25, -0.2) is 9.18 Å². The van der Waals surface area contributed by atoms with Crippen molar-refractivity contribution in [1.82, 2.24) is 10.2 Å². The third-order valence-corrected chi connectivity index (χ3v) is 3.89. The van der Waals surface area contributed by atoms with E-state index in [0.29, 0.717) is 18.2 Å². The fraction of sp³-hybridized carbons (Fsp3) is 0.533. The highest BCUT2D eigenvalue weighted by atomic mass is 19.1. The highest BCUT2D eigenvalue weighted by Crippen LogP contribution is 2.16. The first-order chi connectivity index (χ1) is 9.61. The van der Waals surface area contributed by atoms with Gasteiger partial charge in [-0.2, -0.15) is 0 Å². The summed E-state index contributed by atoms with van der Waals surface area (Å²) >= 11 is 0. The van der Waals surface area contributed by atoms with E-state index in [1.165, 1.54) is 31.0 Å². The Balaban J connectivity index is 1.90. The van der Waals surface area contributed by atoms with E-state index < -0.39 is 5.97 Å². The maximum atomic E-state index is 13.6. The van der Waals surface area contributed by atoms with Crippen molar-refractivity contribution < 1.29 is 14.3 Å². The molecule has 4 nitrogen and oxygen atoms in total. The van der Waals surface area contributed by atoms with E-state index in [-0.39, 0.29) is 11.4 Å². The summed E-state index contributed by atoms with van der Waals surface area (Å²) < 4.78 is 13.6. The van der Waals surface area contributed by atoms with Crippen molar-refractivity contribution >= 4 is 5.97 Å². The van der Waals surface area contributed by atoms with Crippen LogP contribution in [0, 0.1) is 5.82 Å². The molecule has 0 aromatic heterocycles. The summed E-state index contributed by atoms with van der Waals surface area (Å²) in [6.07, 6.45) is 2.38. The van der Waals surface area contributed by atoms with E-state index in [4.69, 9.17) is 5.11 Å². The van der Waals surface area contributed by atoms with Crippen molar-refractivity contribution in [3.63, 3.8) is 0 Å². The summed E-state index contributed by atoms with van der Waals surface area (Å²) in [7, 11) is 0. The maximum absolute atomic E-state index is 13.6. The van der Waals surface area contributed by atoms with Crippen molar-refractivity contribution in [3.05, 3.63) is 35.1 Å². The Labute approximate surface area is 118 Å². The molecule has 1 saturated heterocycles. The molecule has 5 heteroatoms. The van der Waals surface area contributed by atoms with Crippen LogP contribution in [0.4, 0.5) is 4.39 Å². The number of nitrogens with zero attached hydrogens (tertiary/aromatic N) is 1. The number of likely N-dealkylation sites (tertiary alicyclic amines) is 1. The van der Waals surface area contributed by atoms with E-state index in [9.17, 15) is 9.18 Å². The number of carboxylic acid groups (broad SMARTS) is 1. The molecule has 1 aromatic carbocycles. The van der Waals surface area contributed by atoms with E-state index in [0.717, 1.165) is 19.6 Å². The number of aromatic carboxylic acids is 1. The molecule has 0 bridgehead atoms. The molecule has 1 aliphatic rings. The standard InChI is InChI=1S/C15H21FN2O2/c1-2-18-7-3-4-13(18)10-17-9-12-8-11(15(19)20)5-6-14(12)16/h5-6,8,13,17H,2-4,7,9-10H2,1H3,(H,19,20). The first-order valence-electron chi connectivity index (χ1n) is 7.08. The molecule has 0 amide bonds. The van der Waals surface area contributed by atoms with Crippen LogP contribution >= 0.6 is 0 Å². The maximum Gasteiger partial charge on any atom is 0.335 e. The molecule has 1 fully saturated rings. The number of carboxylic acids is 1. The van der Waals surface area contributed by atoms with Gasteiger partial charge in [-0.05, 0) is 44.1 Å². The molecule has 110 valence electrons. The predicted octanol–water partition coefficient (Wildman–Crippen LogP) is 2.10. The number of nitrogens with one attached hydrogen (secondary N) is 1. The van der Waals surface area contributed by atoms with Gasteiger partial charge in [0, 0.05) is 24.7 Å². The van der Waals surface area contributed by atoms with Gasteiger partial charge in [0.25, 0.3) is 0 Å². The Morgan fingerprint density at radius 3 is 3.05 bits per heavy atom. The first-order valence-corrected chi connectivity index (χ1v) is 7.08. The van der Waals surface area contributed by atoms with Gasteiger partial charge in [0.05, 0.1) is 5.56 Å². The Bertz CT molecular complexity index is 479. The third-order valence-electron chi connectivity index (χ3n) is 3.89. The average molecular weight is 280 g/mol. The lowest BCUT2D eigenvalue weighted by Gasteiger charge is -2.23. The Morgan fingerprint density at radius 1 is 1.55 bits per heavy atom. The molecular weight excluding hydrogens is 259 g/mol. The quantitative estimate of drug-likeness (QED) is 0.838. The largest absolute Gasteiger partial charge is 0.478 e. The second-order valence-electron chi connectivity index (χ2n) is 5.17. The van der Waals surface area contributed by atoms with Crippen LogP contribution < -0.4 is 5.32 Å². The molecule has 1 heterocycles. The van der Waals surface area contributed by atoms with Gasteiger partial charge in [0.2, 0.25) is 0 Å². The smallest absolute Gasteiger partial charge is 0.335 e. The number of carbonyl (C=O) groups is 1. The summed E-state index contributed by atoms with van der Waals surface area (Å²) in [6, 6.07) is 4.41. The minimum atomic E-state index is -1.03. The molecule has 0 radical (unpaired) electrons. The van der Waals surface area contributed by atoms with Crippen LogP contribution in [0.3, 0.4) is 0 Å². The molecule has 1 aliphatic heterocycles. The van der Waals surface area contributed by atoms with Crippen LogP contribution in [-0.4, -0.2) is 41.7 Å². The number of hydrogen-bond acceptors (Lipinski definition) is 3. The van der Waals surface area contributed by atoms with Crippen LogP contribution in [0.5, 0.6) is 0 Å². The van der Waals surface area contributed by atoms with Crippen molar-refractivity contribution in [3.8, 4) is 0 Å². The van der Waals surface area contributed by atoms with Crippen LogP contribution in [0.25, 0.3) is 0 Å². The Kier molecular flexibility index (Phi) is 5.09. The molecular formula is C15H21FN2O2. The van der Waals surface area contributed by atoms with Gasteiger partial charge in [-0.15, -0.1) is 0 Å². The first kappa shape index (κ1) is 14.9. The second-order valence-corrected chi connectivity index (χ2v) is 5.17. The lowest BCUT2D eigenvalue weighted by atomic mass is 10.1. The van der Waals surface area contributed by atoms with Crippen molar-refractivity contribution in [2.75, 3.05) is 19.6 Å². The highest BCUT2D eigenvalue weighted by Gasteiger charge is 2.22. The molecule has 2 N–H and O–H groups in total. The molecule has 20 heavy (non-hydrogen) atoms. The van der Waals surface area contributed by atoms with Crippen molar-refractivity contribution in [2.24, 2.45) is 0 Å². The van der Waals surface area contributed by atoms with Gasteiger partial charge >= 0.3 is 5.97 Å². The van der Waals surface area contributed by atoms with Gasteiger partial charge in [0.1, 0.15) is 5.82 Å². The minimum absolute atomic E-state index is 0.124. The fourth-order valence-corrected chi connectivity index (χ4v) is 2.76. The van der Waals surface area contributed by atoms with Crippen LogP contribution in [0.15, 0.2) is 18.2 Å². The normalized spacial score (nSPS) is 19.4. The summed E-state index contributed by atoms with van der Waals surface area (Å²) in [6.45, 7) is 5.49. The van der Waals surface area contributed by atoms with E-state index in [2.05, 4.69) is 17.1 Å². The summed E-state index contributed by atoms with van der Waals surface area (Å²) in [5, 5.41) is 12.2. The van der Waals surface area contributed by atoms with Crippen molar-refractivity contribution in [1.29, 1.82) is 0 Å². The SMILES string of the molecule is CCN1CCCC1CNCc1cc(C(=O)O)ccc1F. The predicted molar refractivity (Wildman–Crippen MR) is 75.3 cm³/mol. The minimum Gasteiger partial charge on any atom is -0.478 e. The number of hydrogen-bond donors (Lipinski definition) is 2. The zero-order valence-electron chi connectivity index (χ0n) is 11.7. The third kappa shape index (κ3) is 3.55. The molecule has 0 saturated carbocycles. The molecule has 1 unspecified atom stereocenters. The van der Waals surface area contributed by atoms with Crippen LogP contribution in [0.1, 0.15) is 35.7 Å². The molecule has 0 spiro atoms. The number of rotatable bonds is 6. The van der Waals surface area contributed by atoms with Crippen molar-refractivity contribution in [2.45, 2.75) is 32.4 Å².